The lowest BCUT2D eigenvalue weighted by atomic mass is 10.0. The van der Waals surface area contributed by atoms with Gasteiger partial charge in [0.15, 0.2) is 0 Å². The zero-order valence-corrected chi connectivity index (χ0v) is 15.8. The second kappa shape index (κ2) is 8.99. The van der Waals surface area contributed by atoms with E-state index in [4.69, 9.17) is 0 Å². The van der Waals surface area contributed by atoms with Crippen molar-refractivity contribution in [3.8, 4) is 0 Å². The summed E-state index contributed by atoms with van der Waals surface area (Å²) < 4.78 is 0. The molecule has 2 heterocycles. The summed E-state index contributed by atoms with van der Waals surface area (Å²) in [5.74, 6) is -0.313. The summed E-state index contributed by atoms with van der Waals surface area (Å²) in [4.78, 5) is 40.9. The molecule has 1 aromatic rings. The fraction of sp³-hybridized carbons (Fsp3) is 0.550. The molecule has 2 saturated heterocycles. The first-order chi connectivity index (χ1) is 13.1. The topological polar surface area (TPSA) is 81.8 Å². The number of benzene rings is 1. The van der Waals surface area contributed by atoms with E-state index in [2.05, 4.69) is 10.6 Å². The van der Waals surface area contributed by atoms with E-state index < -0.39 is 6.04 Å². The van der Waals surface area contributed by atoms with Crippen LogP contribution in [0.3, 0.4) is 0 Å². The zero-order valence-electron chi connectivity index (χ0n) is 15.8. The van der Waals surface area contributed by atoms with Gasteiger partial charge < -0.3 is 15.5 Å². The van der Waals surface area contributed by atoms with E-state index >= 15 is 0 Å². The van der Waals surface area contributed by atoms with Gasteiger partial charge in [-0.3, -0.25) is 19.3 Å². The Morgan fingerprint density at radius 1 is 1.19 bits per heavy atom. The van der Waals surface area contributed by atoms with Crippen molar-refractivity contribution in [1.29, 1.82) is 0 Å². The second-order valence-corrected chi connectivity index (χ2v) is 7.31. The van der Waals surface area contributed by atoms with Gasteiger partial charge in [-0.2, -0.15) is 0 Å². The van der Waals surface area contributed by atoms with Gasteiger partial charge in [0, 0.05) is 18.8 Å². The molecular formula is C20H28N4O3. The number of hydrogen-bond donors (Lipinski definition) is 2. The summed E-state index contributed by atoms with van der Waals surface area (Å²) in [5, 5.41) is 5.64. The number of piperidine rings is 1. The minimum absolute atomic E-state index is 0.0231. The SMILES string of the molecule is CN(CC(=O)NC1CCCCNC1=O)C1CCCN(c2ccccc2)C1=O. The van der Waals surface area contributed by atoms with Crippen LogP contribution in [0.2, 0.25) is 0 Å². The monoisotopic (exact) mass is 372 g/mol. The van der Waals surface area contributed by atoms with Crippen LogP contribution in [-0.2, 0) is 14.4 Å². The molecule has 2 N–H and O–H groups in total. The lowest BCUT2D eigenvalue weighted by molar-refractivity contribution is -0.131. The maximum absolute atomic E-state index is 12.9. The molecule has 0 saturated carbocycles. The highest BCUT2D eigenvalue weighted by atomic mass is 16.2. The summed E-state index contributed by atoms with van der Waals surface area (Å²) in [5.41, 5.74) is 0.889. The highest BCUT2D eigenvalue weighted by molar-refractivity contribution is 5.98. The van der Waals surface area contributed by atoms with Crippen LogP contribution < -0.4 is 15.5 Å². The number of nitrogens with zero attached hydrogens (tertiary/aromatic N) is 2. The molecule has 2 unspecified atom stereocenters. The Kier molecular flexibility index (Phi) is 6.45. The molecule has 1 aromatic carbocycles. The molecule has 0 spiro atoms. The first kappa shape index (κ1) is 19.4. The number of amides is 3. The van der Waals surface area contributed by atoms with Crippen molar-refractivity contribution in [3.05, 3.63) is 30.3 Å². The van der Waals surface area contributed by atoms with Crippen LogP contribution in [0.15, 0.2) is 30.3 Å². The van der Waals surface area contributed by atoms with Crippen LogP contribution in [0.5, 0.6) is 0 Å². The van der Waals surface area contributed by atoms with E-state index in [1.165, 1.54) is 0 Å². The Hall–Kier alpha value is -2.41. The van der Waals surface area contributed by atoms with E-state index in [0.717, 1.165) is 31.4 Å². The van der Waals surface area contributed by atoms with Gasteiger partial charge in [-0.15, -0.1) is 0 Å². The Morgan fingerprint density at radius 2 is 1.96 bits per heavy atom. The first-order valence-corrected chi connectivity index (χ1v) is 9.70. The maximum Gasteiger partial charge on any atom is 0.244 e. The van der Waals surface area contributed by atoms with Gasteiger partial charge in [-0.1, -0.05) is 18.2 Å². The standard InChI is InChI=1S/C20H28N4O3/c1-23(14-18(25)22-16-10-5-6-12-21-19(16)26)17-11-7-13-24(20(17)27)15-8-3-2-4-9-15/h2-4,8-9,16-17H,5-7,10-14H2,1H3,(H,21,26)(H,22,25). The van der Waals surface area contributed by atoms with E-state index in [9.17, 15) is 14.4 Å². The van der Waals surface area contributed by atoms with E-state index in [-0.39, 0.29) is 30.3 Å². The normalized spacial score (nSPS) is 23.7. The summed E-state index contributed by atoms with van der Waals surface area (Å²) >= 11 is 0. The number of nitrogens with one attached hydrogen (secondary N) is 2. The summed E-state index contributed by atoms with van der Waals surface area (Å²) in [7, 11) is 1.80. The lowest BCUT2D eigenvalue weighted by Crippen LogP contribution is -2.54. The largest absolute Gasteiger partial charge is 0.354 e. The average Bonchev–Trinajstić information content (AvgIpc) is 2.87. The van der Waals surface area contributed by atoms with Gasteiger partial charge in [0.05, 0.1) is 12.6 Å². The number of para-hydroxylation sites is 1. The fourth-order valence-corrected chi connectivity index (χ4v) is 3.78. The van der Waals surface area contributed by atoms with Crippen molar-refractivity contribution in [3.63, 3.8) is 0 Å². The Morgan fingerprint density at radius 3 is 2.74 bits per heavy atom. The number of rotatable bonds is 5. The molecule has 0 bridgehead atoms. The number of likely N-dealkylation sites (N-methyl/N-ethyl adjacent to an activating group) is 1. The Bertz CT molecular complexity index is 679. The molecule has 0 radical (unpaired) electrons. The van der Waals surface area contributed by atoms with Crippen molar-refractivity contribution in [1.82, 2.24) is 15.5 Å². The van der Waals surface area contributed by atoms with Crippen LogP contribution in [0, 0.1) is 0 Å². The zero-order chi connectivity index (χ0) is 19.2. The van der Waals surface area contributed by atoms with Gasteiger partial charge >= 0.3 is 0 Å². The molecule has 3 rings (SSSR count). The number of hydrogen-bond acceptors (Lipinski definition) is 4. The minimum atomic E-state index is -0.476. The maximum atomic E-state index is 12.9. The highest BCUT2D eigenvalue weighted by Gasteiger charge is 2.33. The van der Waals surface area contributed by atoms with Gasteiger partial charge in [0.1, 0.15) is 6.04 Å². The van der Waals surface area contributed by atoms with E-state index in [1.807, 2.05) is 30.3 Å². The van der Waals surface area contributed by atoms with Gasteiger partial charge in [0.25, 0.3) is 0 Å². The van der Waals surface area contributed by atoms with E-state index in [1.54, 1.807) is 16.8 Å². The molecule has 3 amide bonds. The summed E-state index contributed by atoms with van der Waals surface area (Å²) in [6.07, 6.45) is 4.13. The van der Waals surface area contributed by atoms with Gasteiger partial charge in [-0.25, -0.2) is 0 Å². The van der Waals surface area contributed by atoms with Crippen molar-refractivity contribution in [2.45, 2.75) is 44.2 Å². The molecule has 2 fully saturated rings. The third kappa shape index (κ3) is 4.86. The fourth-order valence-electron chi connectivity index (χ4n) is 3.78. The second-order valence-electron chi connectivity index (χ2n) is 7.31. The molecule has 0 aliphatic carbocycles. The van der Waals surface area contributed by atoms with Gasteiger partial charge in [-0.05, 0) is 51.3 Å². The van der Waals surface area contributed by atoms with Crippen LogP contribution >= 0.6 is 0 Å². The van der Waals surface area contributed by atoms with Crippen LogP contribution in [0.1, 0.15) is 32.1 Å². The van der Waals surface area contributed by atoms with Crippen molar-refractivity contribution < 1.29 is 14.4 Å². The molecule has 146 valence electrons. The van der Waals surface area contributed by atoms with Crippen LogP contribution in [0.25, 0.3) is 0 Å². The number of carbonyl (C=O) groups is 3. The summed E-state index contributed by atoms with van der Waals surface area (Å²) in [6, 6.07) is 8.82. The van der Waals surface area contributed by atoms with E-state index in [0.29, 0.717) is 19.5 Å². The molecule has 2 aliphatic heterocycles. The molecule has 2 atom stereocenters. The molecule has 2 aliphatic rings. The summed E-state index contributed by atoms with van der Waals surface area (Å²) in [6.45, 7) is 1.46. The van der Waals surface area contributed by atoms with Crippen LogP contribution in [0.4, 0.5) is 5.69 Å². The minimum Gasteiger partial charge on any atom is -0.354 e. The molecular weight excluding hydrogens is 344 g/mol. The number of carbonyl (C=O) groups excluding carboxylic acids is 3. The van der Waals surface area contributed by atoms with Crippen LogP contribution in [-0.4, -0.2) is 61.4 Å². The third-order valence-corrected chi connectivity index (χ3v) is 5.27. The van der Waals surface area contributed by atoms with Gasteiger partial charge in [0.2, 0.25) is 17.7 Å². The predicted molar refractivity (Wildman–Crippen MR) is 103 cm³/mol. The molecule has 7 nitrogen and oxygen atoms in total. The first-order valence-electron chi connectivity index (χ1n) is 9.70. The van der Waals surface area contributed by atoms with Crippen molar-refractivity contribution >= 4 is 23.4 Å². The quantitative estimate of drug-likeness (QED) is 0.805. The molecule has 7 heteroatoms. The van der Waals surface area contributed by atoms with Crippen molar-refractivity contribution in [2.75, 3.05) is 31.6 Å². The Labute approximate surface area is 160 Å². The molecule has 27 heavy (non-hydrogen) atoms. The predicted octanol–water partition coefficient (Wildman–Crippen LogP) is 0.899. The third-order valence-electron chi connectivity index (χ3n) is 5.27. The van der Waals surface area contributed by atoms with Crippen molar-refractivity contribution in [2.24, 2.45) is 0 Å². The smallest absolute Gasteiger partial charge is 0.244 e. The molecule has 0 aromatic heterocycles. The average molecular weight is 372 g/mol. The lowest BCUT2D eigenvalue weighted by Gasteiger charge is -2.36. The Balaban J connectivity index is 1.58. The number of anilines is 1. The highest BCUT2D eigenvalue weighted by Crippen LogP contribution is 2.23.